The first-order valence-electron chi connectivity index (χ1n) is 15.2. The van der Waals surface area contributed by atoms with Gasteiger partial charge in [-0.3, -0.25) is 4.79 Å². The number of aliphatic hydroxyl groups is 1. The van der Waals surface area contributed by atoms with Gasteiger partial charge in [0.25, 0.3) is 0 Å². The molecular formula is C32H43F3O7. The average molecular weight is 597 g/mol. The Morgan fingerprint density at radius 3 is 2.33 bits per heavy atom. The van der Waals surface area contributed by atoms with Crippen molar-refractivity contribution < 1.29 is 46.9 Å². The molecule has 12 atom stereocenters. The lowest BCUT2D eigenvalue weighted by atomic mass is 9.44. The van der Waals surface area contributed by atoms with E-state index in [1.807, 2.05) is 0 Å². The average Bonchev–Trinajstić information content (AvgIpc) is 3.12. The highest BCUT2D eigenvalue weighted by molar-refractivity contribution is 6.01. The van der Waals surface area contributed by atoms with E-state index in [0.29, 0.717) is 11.8 Å². The number of ether oxygens (including phenoxy) is 3. The van der Waals surface area contributed by atoms with Crippen molar-refractivity contribution in [2.24, 2.45) is 46.3 Å². The SMILES string of the molecule is C[C@@H]1CC(COC(=O)O[C@]2(C(=O)OCF)[C@H](C)C[C@H]3[C@@H]4C[C@H](F)C5=CC(=O)C=C[C@]5(C)[C@@]4(F)[C@@H](O)C[C@@]32C)C[C@H](C)C1. The molecule has 0 aromatic rings. The van der Waals surface area contributed by atoms with Crippen LogP contribution in [0.1, 0.15) is 73.1 Å². The number of fused-ring (bicyclic) bond motifs is 5. The van der Waals surface area contributed by atoms with Gasteiger partial charge in [0.15, 0.2) is 11.5 Å². The van der Waals surface area contributed by atoms with Crippen molar-refractivity contribution in [1.82, 2.24) is 0 Å². The maximum Gasteiger partial charge on any atom is 0.509 e. The van der Waals surface area contributed by atoms with Gasteiger partial charge in [-0.25, -0.2) is 22.8 Å². The molecule has 42 heavy (non-hydrogen) atoms. The maximum absolute atomic E-state index is 17.5. The summed E-state index contributed by atoms with van der Waals surface area (Å²) in [6, 6.07) is 0. The molecule has 4 saturated carbocycles. The molecule has 5 rings (SSSR count). The van der Waals surface area contributed by atoms with E-state index in [1.54, 1.807) is 13.8 Å². The second-order valence-electron chi connectivity index (χ2n) is 14.2. The van der Waals surface area contributed by atoms with E-state index in [9.17, 15) is 23.9 Å². The molecule has 0 aromatic carbocycles. The van der Waals surface area contributed by atoms with Crippen LogP contribution in [-0.2, 0) is 23.8 Å². The summed E-state index contributed by atoms with van der Waals surface area (Å²) >= 11 is 0. The number of alkyl halides is 3. The van der Waals surface area contributed by atoms with Gasteiger partial charge in [-0.1, -0.05) is 33.8 Å². The Balaban J connectivity index is 1.48. The normalized spacial score (nSPS) is 47.9. The molecule has 0 heterocycles. The number of carbonyl (C=O) groups is 3. The van der Waals surface area contributed by atoms with Crippen LogP contribution in [0.15, 0.2) is 23.8 Å². The van der Waals surface area contributed by atoms with E-state index in [4.69, 9.17) is 14.2 Å². The number of hydrogen-bond donors (Lipinski definition) is 1. The second kappa shape index (κ2) is 10.7. The second-order valence-corrected chi connectivity index (χ2v) is 14.2. The predicted octanol–water partition coefficient (Wildman–Crippen LogP) is 5.99. The van der Waals surface area contributed by atoms with Crippen LogP contribution in [0.3, 0.4) is 0 Å². The largest absolute Gasteiger partial charge is 0.509 e. The lowest BCUT2D eigenvalue weighted by Crippen LogP contribution is -2.71. The van der Waals surface area contributed by atoms with Gasteiger partial charge in [0, 0.05) is 22.7 Å². The molecule has 0 spiro atoms. The molecule has 0 radical (unpaired) electrons. The van der Waals surface area contributed by atoms with E-state index in [-0.39, 0.29) is 37.4 Å². The molecule has 0 saturated heterocycles. The lowest BCUT2D eigenvalue weighted by Gasteiger charge is -2.62. The van der Waals surface area contributed by atoms with Crippen LogP contribution < -0.4 is 0 Å². The third kappa shape index (κ3) is 4.36. The highest BCUT2D eigenvalue weighted by Crippen LogP contribution is 2.71. The maximum atomic E-state index is 17.5. The minimum absolute atomic E-state index is 0.0169. The summed E-state index contributed by atoms with van der Waals surface area (Å²) < 4.78 is 62.9. The van der Waals surface area contributed by atoms with Gasteiger partial charge in [0.05, 0.1) is 12.7 Å². The molecule has 1 N–H and O–H groups in total. The number of esters is 1. The summed E-state index contributed by atoms with van der Waals surface area (Å²) in [4.78, 5) is 38.9. The Labute approximate surface area is 245 Å². The van der Waals surface area contributed by atoms with Crippen LogP contribution in [0.5, 0.6) is 0 Å². The molecule has 10 heteroatoms. The summed E-state index contributed by atoms with van der Waals surface area (Å²) in [7, 11) is 0. The van der Waals surface area contributed by atoms with Crippen molar-refractivity contribution in [2.45, 2.75) is 96.7 Å². The fourth-order valence-corrected chi connectivity index (χ4v) is 9.97. The van der Waals surface area contributed by atoms with Gasteiger partial charge in [0.2, 0.25) is 12.5 Å². The van der Waals surface area contributed by atoms with Crippen LogP contribution in [0.2, 0.25) is 0 Å². The minimum Gasteiger partial charge on any atom is -0.434 e. The Hall–Kier alpha value is -2.36. The zero-order chi connectivity index (χ0) is 30.8. The molecule has 234 valence electrons. The van der Waals surface area contributed by atoms with E-state index in [0.717, 1.165) is 25.3 Å². The van der Waals surface area contributed by atoms with Crippen molar-refractivity contribution in [3.8, 4) is 0 Å². The van der Waals surface area contributed by atoms with Crippen molar-refractivity contribution >= 4 is 17.9 Å². The van der Waals surface area contributed by atoms with Gasteiger partial charge >= 0.3 is 12.1 Å². The van der Waals surface area contributed by atoms with E-state index in [1.165, 1.54) is 19.1 Å². The first-order valence-corrected chi connectivity index (χ1v) is 15.2. The smallest absolute Gasteiger partial charge is 0.434 e. The Morgan fingerprint density at radius 1 is 1.02 bits per heavy atom. The van der Waals surface area contributed by atoms with Gasteiger partial charge in [-0.05, 0) is 86.8 Å². The summed E-state index contributed by atoms with van der Waals surface area (Å²) in [5.74, 6) is -3.14. The molecule has 0 aromatic heterocycles. The third-order valence-electron chi connectivity index (χ3n) is 11.6. The van der Waals surface area contributed by atoms with E-state index in [2.05, 4.69) is 13.8 Å². The molecule has 0 aliphatic heterocycles. The number of rotatable bonds is 5. The first-order chi connectivity index (χ1) is 19.6. The Kier molecular flexibility index (Phi) is 7.89. The predicted molar refractivity (Wildman–Crippen MR) is 146 cm³/mol. The highest BCUT2D eigenvalue weighted by Gasteiger charge is 2.79. The van der Waals surface area contributed by atoms with Gasteiger partial charge in [-0.15, -0.1) is 0 Å². The standard InChI is InChI=1S/C32H43F3O7/c1-17-8-18(2)10-20(9-17)15-40-28(39)42-32(27(38)41-16-33)19(3)11-22-23-13-25(34)24-12-21(36)6-7-29(24,4)31(23,35)26(37)14-30(22,32)5/h6-7,12,17-20,22-23,25-26,37H,8-11,13-16H2,1-5H3/t17-,18+,19-,20?,22+,23+,25+,26+,29+,30+,31+,32+/m1/s1. The topological polar surface area (TPSA) is 99.1 Å². The molecule has 5 aliphatic rings. The molecule has 0 bridgehead atoms. The third-order valence-corrected chi connectivity index (χ3v) is 11.6. The number of allylic oxidation sites excluding steroid dienone is 4. The van der Waals surface area contributed by atoms with Crippen molar-refractivity contribution in [2.75, 3.05) is 13.5 Å². The molecule has 0 amide bonds. The number of ketones is 1. The molecule has 4 fully saturated rings. The zero-order valence-corrected chi connectivity index (χ0v) is 25.0. The fourth-order valence-electron chi connectivity index (χ4n) is 9.97. The van der Waals surface area contributed by atoms with Crippen LogP contribution >= 0.6 is 0 Å². The molecular weight excluding hydrogens is 553 g/mol. The van der Waals surface area contributed by atoms with E-state index < -0.39 is 76.9 Å². The Bertz CT molecular complexity index is 1180. The number of carbonyl (C=O) groups excluding carboxylic acids is 3. The highest BCUT2D eigenvalue weighted by atomic mass is 19.1. The quantitative estimate of drug-likeness (QED) is 0.390. The van der Waals surface area contributed by atoms with Crippen molar-refractivity contribution in [3.63, 3.8) is 0 Å². The van der Waals surface area contributed by atoms with Crippen LogP contribution in [-0.4, -0.2) is 60.0 Å². The summed E-state index contributed by atoms with van der Waals surface area (Å²) in [5.41, 5.74) is -7.53. The number of aliphatic hydroxyl groups excluding tert-OH is 1. The van der Waals surface area contributed by atoms with Gasteiger partial charge in [0.1, 0.15) is 6.17 Å². The van der Waals surface area contributed by atoms with Crippen LogP contribution in [0.4, 0.5) is 18.0 Å². The van der Waals surface area contributed by atoms with Gasteiger partial charge < -0.3 is 19.3 Å². The van der Waals surface area contributed by atoms with Gasteiger partial charge in [-0.2, -0.15) is 0 Å². The Morgan fingerprint density at radius 2 is 1.69 bits per heavy atom. The summed E-state index contributed by atoms with van der Waals surface area (Å²) in [5, 5.41) is 11.6. The first kappa shape index (κ1) is 31.1. The monoisotopic (exact) mass is 596 g/mol. The summed E-state index contributed by atoms with van der Waals surface area (Å²) in [6.45, 7) is 7.64. The van der Waals surface area contributed by atoms with Crippen molar-refractivity contribution in [1.29, 1.82) is 0 Å². The van der Waals surface area contributed by atoms with Crippen LogP contribution in [0.25, 0.3) is 0 Å². The minimum atomic E-state index is -2.38. The molecule has 1 unspecified atom stereocenters. The number of hydrogen-bond acceptors (Lipinski definition) is 7. The molecule has 5 aliphatic carbocycles. The van der Waals surface area contributed by atoms with Crippen LogP contribution in [0, 0.1) is 46.3 Å². The summed E-state index contributed by atoms with van der Waals surface area (Å²) in [6.07, 6.45) is 1.44. The number of halogens is 3. The van der Waals surface area contributed by atoms with E-state index >= 15 is 8.78 Å². The fraction of sp³-hybridized carbons (Fsp3) is 0.781. The lowest BCUT2D eigenvalue weighted by molar-refractivity contribution is -0.235. The van der Waals surface area contributed by atoms with Crippen molar-refractivity contribution in [3.05, 3.63) is 23.8 Å². The zero-order valence-electron chi connectivity index (χ0n) is 25.0. The molecule has 7 nitrogen and oxygen atoms in total.